The number of nitriles is 1. The van der Waals surface area contributed by atoms with Crippen LogP contribution in [0.4, 0.5) is 0 Å². The molecule has 0 aliphatic carbocycles. The van der Waals surface area contributed by atoms with Crippen molar-refractivity contribution in [1.29, 1.82) is 5.26 Å². The Kier molecular flexibility index (Phi) is 5.11. The molecule has 0 bridgehead atoms. The van der Waals surface area contributed by atoms with Gasteiger partial charge >= 0.3 is 0 Å². The highest BCUT2D eigenvalue weighted by atomic mass is 16.5. The van der Waals surface area contributed by atoms with E-state index in [-0.39, 0.29) is 12.0 Å². The van der Waals surface area contributed by atoms with E-state index in [2.05, 4.69) is 6.07 Å². The van der Waals surface area contributed by atoms with Crippen molar-refractivity contribution >= 4 is 0 Å². The summed E-state index contributed by atoms with van der Waals surface area (Å²) < 4.78 is 5.59. The summed E-state index contributed by atoms with van der Waals surface area (Å²) in [6.45, 7) is 9.23. The average molecular weight is 199 g/mol. The minimum atomic E-state index is -0.800. The largest absolute Gasteiger partial charge is 0.391 e. The Hall–Kier alpha value is -0.590. The third kappa shape index (κ3) is 3.28. The second-order valence-electron chi connectivity index (χ2n) is 4.09. The molecule has 0 saturated carbocycles. The molecule has 0 saturated heterocycles. The van der Waals surface area contributed by atoms with Gasteiger partial charge in [0.1, 0.15) is 0 Å². The normalized spacial score (nSPS) is 21.8. The van der Waals surface area contributed by atoms with E-state index in [0.29, 0.717) is 0 Å². The van der Waals surface area contributed by atoms with Crippen LogP contribution in [0.15, 0.2) is 0 Å². The lowest BCUT2D eigenvalue weighted by molar-refractivity contribution is -0.109. The van der Waals surface area contributed by atoms with Gasteiger partial charge in [-0.3, -0.25) is 0 Å². The molecule has 0 fully saturated rings. The maximum atomic E-state index is 9.30. The van der Waals surface area contributed by atoms with E-state index in [1.807, 2.05) is 13.8 Å². The molecule has 0 aliphatic heterocycles. The van der Waals surface area contributed by atoms with Crippen molar-refractivity contribution in [1.82, 2.24) is 0 Å². The van der Waals surface area contributed by atoms with Gasteiger partial charge in [0.25, 0.3) is 0 Å². The number of aliphatic hydroxyl groups excluding tert-OH is 1. The highest BCUT2D eigenvalue weighted by Gasteiger charge is 2.33. The van der Waals surface area contributed by atoms with E-state index in [9.17, 15) is 5.11 Å². The van der Waals surface area contributed by atoms with E-state index in [1.165, 1.54) is 0 Å². The molecule has 0 radical (unpaired) electrons. The Labute approximate surface area is 86.7 Å². The summed E-state index contributed by atoms with van der Waals surface area (Å²) in [5.41, 5.74) is -0.800. The molecule has 0 aromatic heterocycles. The van der Waals surface area contributed by atoms with Crippen molar-refractivity contribution < 1.29 is 9.84 Å². The van der Waals surface area contributed by atoms with Crippen LogP contribution in [-0.2, 0) is 4.74 Å². The van der Waals surface area contributed by atoms with Crippen LogP contribution in [0.25, 0.3) is 0 Å². The summed E-state index contributed by atoms with van der Waals surface area (Å²) >= 11 is 0. The predicted molar refractivity (Wildman–Crippen MR) is 55.7 cm³/mol. The van der Waals surface area contributed by atoms with Crippen LogP contribution in [0.3, 0.4) is 0 Å². The number of aliphatic hydroxyl groups is 1. The lowest BCUT2D eigenvalue weighted by atomic mass is 9.89. The molecule has 0 aliphatic rings. The van der Waals surface area contributed by atoms with E-state index >= 15 is 0 Å². The summed E-state index contributed by atoms with van der Waals surface area (Å²) in [7, 11) is 0. The highest BCUT2D eigenvalue weighted by Crippen LogP contribution is 2.25. The SMILES string of the molecule is CCC(C)C(C)(C#N)OC(C)C(C)O. The third-order valence-electron chi connectivity index (χ3n) is 2.88. The second-order valence-corrected chi connectivity index (χ2v) is 4.09. The standard InChI is InChI=1S/C11H21NO2/c1-6-8(2)11(5,7-12)14-10(4)9(3)13/h8-10,13H,6H2,1-5H3. The van der Waals surface area contributed by atoms with Crippen LogP contribution >= 0.6 is 0 Å². The zero-order valence-corrected chi connectivity index (χ0v) is 9.74. The van der Waals surface area contributed by atoms with Gasteiger partial charge in [-0.2, -0.15) is 5.26 Å². The van der Waals surface area contributed by atoms with Gasteiger partial charge in [-0.15, -0.1) is 0 Å². The Morgan fingerprint density at radius 3 is 2.21 bits per heavy atom. The lowest BCUT2D eigenvalue weighted by Gasteiger charge is -2.32. The van der Waals surface area contributed by atoms with Crippen LogP contribution in [0.5, 0.6) is 0 Å². The molecule has 0 amide bonds. The number of hydrogen-bond donors (Lipinski definition) is 1. The molecule has 4 atom stereocenters. The summed E-state index contributed by atoms with van der Waals surface area (Å²) in [5, 5.41) is 18.4. The van der Waals surface area contributed by atoms with Crippen molar-refractivity contribution in [2.75, 3.05) is 0 Å². The maximum Gasteiger partial charge on any atom is 0.154 e. The molecule has 0 spiro atoms. The van der Waals surface area contributed by atoms with Gasteiger partial charge in [-0.1, -0.05) is 13.8 Å². The molecular formula is C11H21NO2. The minimum absolute atomic E-state index is 0.161. The summed E-state index contributed by atoms with van der Waals surface area (Å²) in [6, 6.07) is 2.18. The lowest BCUT2D eigenvalue weighted by Crippen LogP contribution is -2.40. The molecule has 0 rings (SSSR count). The molecule has 14 heavy (non-hydrogen) atoms. The quantitative estimate of drug-likeness (QED) is 0.737. The molecule has 3 heteroatoms. The first-order valence-electron chi connectivity index (χ1n) is 5.14. The van der Waals surface area contributed by atoms with Gasteiger partial charge in [0.05, 0.1) is 18.3 Å². The van der Waals surface area contributed by atoms with Crippen LogP contribution < -0.4 is 0 Å². The Morgan fingerprint density at radius 2 is 1.93 bits per heavy atom. The topological polar surface area (TPSA) is 53.2 Å². The fourth-order valence-corrected chi connectivity index (χ4v) is 1.13. The van der Waals surface area contributed by atoms with Crippen LogP contribution in [-0.4, -0.2) is 22.9 Å². The van der Waals surface area contributed by atoms with Gasteiger partial charge < -0.3 is 9.84 Å². The Bertz CT molecular complexity index is 210. The smallest absolute Gasteiger partial charge is 0.154 e. The Morgan fingerprint density at radius 1 is 1.43 bits per heavy atom. The first kappa shape index (κ1) is 13.4. The molecule has 82 valence electrons. The molecule has 3 nitrogen and oxygen atoms in total. The van der Waals surface area contributed by atoms with Crippen LogP contribution in [0, 0.1) is 17.2 Å². The van der Waals surface area contributed by atoms with Gasteiger partial charge in [-0.25, -0.2) is 0 Å². The number of hydrogen-bond acceptors (Lipinski definition) is 3. The van der Waals surface area contributed by atoms with Crippen molar-refractivity contribution in [2.24, 2.45) is 5.92 Å². The van der Waals surface area contributed by atoms with E-state index in [0.717, 1.165) is 6.42 Å². The highest BCUT2D eigenvalue weighted by molar-refractivity contribution is 5.02. The van der Waals surface area contributed by atoms with Crippen LogP contribution in [0.2, 0.25) is 0 Å². The second kappa shape index (κ2) is 5.33. The first-order chi connectivity index (χ1) is 6.37. The Balaban J connectivity index is 4.49. The fourth-order valence-electron chi connectivity index (χ4n) is 1.13. The van der Waals surface area contributed by atoms with Crippen molar-refractivity contribution in [2.45, 2.75) is 58.8 Å². The van der Waals surface area contributed by atoms with Gasteiger partial charge in [0.15, 0.2) is 5.60 Å². The van der Waals surface area contributed by atoms with Gasteiger partial charge in [0.2, 0.25) is 0 Å². The molecule has 0 aromatic carbocycles. The van der Waals surface area contributed by atoms with E-state index in [1.54, 1.807) is 20.8 Å². The van der Waals surface area contributed by atoms with Crippen LogP contribution in [0.1, 0.15) is 41.0 Å². The first-order valence-corrected chi connectivity index (χ1v) is 5.14. The average Bonchev–Trinajstić information content (AvgIpc) is 2.15. The maximum absolute atomic E-state index is 9.30. The number of ether oxygens (including phenoxy) is 1. The summed E-state index contributed by atoms with van der Waals surface area (Å²) in [4.78, 5) is 0. The third-order valence-corrected chi connectivity index (χ3v) is 2.88. The molecule has 0 aromatic rings. The summed E-state index contributed by atoms with van der Waals surface area (Å²) in [6.07, 6.45) is 0.0247. The van der Waals surface area contributed by atoms with Crippen molar-refractivity contribution in [3.8, 4) is 6.07 Å². The van der Waals surface area contributed by atoms with E-state index < -0.39 is 11.7 Å². The minimum Gasteiger partial charge on any atom is -0.391 e. The van der Waals surface area contributed by atoms with Gasteiger partial charge in [-0.05, 0) is 33.1 Å². The monoisotopic (exact) mass is 199 g/mol. The summed E-state index contributed by atoms with van der Waals surface area (Å²) in [5.74, 6) is 0.161. The zero-order chi connectivity index (χ0) is 11.4. The molecule has 1 N–H and O–H groups in total. The zero-order valence-electron chi connectivity index (χ0n) is 9.74. The number of rotatable bonds is 5. The fraction of sp³-hybridized carbons (Fsp3) is 0.909. The van der Waals surface area contributed by atoms with Crippen molar-refractivity contribution in [3.63, 3.8) is 0 Å². The molecule has 4 unspecified atom stereocenters. The molecular weight excluding hydrogens is 178 g/mol. The van der Waals surface area contributed by atoms with Crippen molar-refractivity contribution in [3.05, 3.63) is 0 Å². The van der Waals surface area contributed by atoms with E-state index in [4.69, 9.17) is 10.00 Å². The number of nitrogens with zero attached hydrogens (tertiary/aromatic N) is 1. The van der Waals surface area contributed by atoms with Gasteiger partial charge in [0, 0.05) is 0 Å². The molecule has 0 heterocycles. The predicted octanol–water partition coefficient (Wildman–Crippen LogP) is 2.10.